The smallest absolute Gasteiger partial charge is 0.257 e. The van der Waals surface area contributed by atoms with Crippen molar-refractivity contribution < 1.29 is 9.53 Å². The summed E-state index contributed by atoms with van der Waals surface area (Å²) in [7, 11) is 2.08. The van der Waals surface area contributed by atoms with Gasteiger partial charge in [0.25, 0.3) is 5.91 Å². The molecule has 0 aromatic heterocycles. The van der Waals surface area contributed by atoms with E-state index in [0.717, 1.165) is 6.54 Å². The van der Waals surface area contributed by atoms with Crippen molar-refractivity contribution in [2.24, 2.45) is 5.73 Å². The van der Waals surface area contributed by atoms with Crippen molar-refractivity contribution in [3.8, 4) is 5.75 Å². The summed E-state index contributed by atoms with van der Waals surface area (Å²) in [6.45, 7) is 1.46. The minimum Gasteiger partial charge on any atom is -0.483 e. The number of carbonyl (C=O) groups is 1. The lowest BCUT2D eigenvalue weighted by molar-refractivity contribution is -0.123. The molecule has 1 fully saturated rings. The molecule has 0 spiro atoms. The monoisotopic (exact) mass is 307 g/mol. The van der Waals surface area contributed by atoms with Gasteiger partial charge in [-0.25, -0.2) is 0 Å². The number of carbonyl (C=O) groups excluding carboxylic acids is 1. The van der Waals surface area contributed by atoms with E-state index in [1.165, 1.54) is 12.8 Å². The zero-order chi connectivity index (χ0) is 15.2. The van der Waals surface area contributed by atoms with E-state index in [0.29, 0.717) is 23.9 Å². The van der Waals surface area contributed by atoms with E-state index in [1.807, 2.05) is 12.1 Å². The first kappa shape index (κ1) is 15.7. The van der Waals surface area contributed by atoms with Crippen molar-refractivity contribution >= 4 is 23.1 Å². The van der Waals surface area contributed by atoms with Crippen molar-refractivity contribution in [3.05, 3.63) is 29.8 Å². The minimum atomic E-state index is -0.142. The van der Waals surface area contributed by atoms with Crippen molar-refractivity contribution in [2.75, 3.05) is 26.7 Å². The summed E-state index contributed by atoms with van der Waals surface area (Å²) in [5.74, 6) is 0.396. The summed E-state index contributed by atoms with van der Waals surface area (Å²) in [5, 5.41) is 2.85. The second-order valence-electron chi connectivity index (χ2n) is 5.21. The Morgan fingerprint density at radius 3 is 2.86 bits per heavy atom. The molecule has 5 nitrogen and oxygen atoms in total. The second-order valence-corrected chi connectivity index (χ2v) is 5.65. The molecule has 0 aliphatic heterocycles. The van der Waals surface area contributed by atoms with Gasteiger partial charge in [-0.1, -0.05) is 24.4 Å². The number of nitrogens with zero attached hydrogens (tertiary/aromatic N) is 1. The number of ether oxygens (including phenoxy) is 1. The third-order valence-corrected chi connectivity index (χ3v) is 3.69. The quantitative estimate of drug-likeness (QED) is 0.699. The van der Waals surface area contributed by atoms with Gasteiger partial charge < -0.3 is 20.7 Å². The highest BCUT2D eigenvalue weighted by Crippen LogP contribution is 2.24. The molecule has 1 aliphatic carbocycles. The number of hydrogen-bond donors (Lipinski definition) is 2. The van der Waals surface area contributed by atoms with E-state index in [1.54, 1.807) is 12.1 Å². The fourth-order valence-electron chi connectivity index (χ4n) is 2.06. The van der Waals surface area contributed by atoms with Crippen LogP contribution in [0.15, 0.2) is 24.3 Å². The van der Waals surface area contributed by atoms with Crippen LogP contribution in [0.2, 0.25) is 0 Å². The molecular weight excluding hydrogens is 286 g/mol. The van der Waals surface area contributed by atoms with E-state index < -0.39 is 0 Å². The Morgan fingerprint density at radius 1 is 1.48 bits per heavy atom. The Hall–Kier alpha value is -1.66. The molecule has 114 valence electrons. The molecule has 0 saturated heterocycles. The number of rotatable bonds is 8. The van der Waals surface area contributed by atoms with E-state index in [4.69, 9.17) is 22.7 Å². The molecule has 1 saturated carbocycles. The van der Waals surface area contributed by atoms with Crippen LogP contribution in [-0.2, 0) is 4.79 Å². The topological polar surface area (TPSA) is 67.6 Å². The lowest BCUT2D eigenvalue weighted by atomic mass is 10.2. The summed E-state index contributed by atoms with van der Waals surface area (Å²) < 4.78 is 5.48. The molecule has 1 aromatic rings. The SMILES string of the molecule is CN(CCNC(=O)COc1ccccc1C(N)=S)C1CC1. The van der Waals surface area contributed by atoms with E-state index in [9.17, 15) is 4.79 Å². The fourth-order valence-corrected chi connectivity index (χ4v) is 2.23. The van der Waals surface area contributed by atoms with Crippen LogP contribution >= 0.6 is 12.2 Å². The van der Waals surface area contributed by atoms with Gasteiger partial charge in [-0.3, -0.25) is 4.79 Å². The molecule has 0 atom stereocenters. The number of thiocarbonyl (C=S) groups is 1. The fraction of sp³-hybridized carbons (Fsp3) is 0.467. The number of para-hydroxylation sites is 1. The molecule has 3 N–H and O–H groups in total. The maximum Gasteiger partial charge on any atom is 0.257 e. The molecule has 1 aromatic carbocycles. The zero-order valence-corrected chi connectivity index (χ0v) is 13.0. The van der Waals surface area contributed by atoms with E-state index >= 15 is 0 Å². The van der Waals surface area contributed by atoms with E-state index in [-0.39, 0.29) is 17.5 Å². The average Bonchev–Trinajstić information content (AvgIpc) is 3.29. The van der Waals surface area contributed by atoms with Crippen LogP contribution in [0.25, 0.3) is 0 Å². The van der Waals surface area contributed by atoms with Crippen LogP contribution in [0, 0.1) is 0 Å². The molecule has 6 heteroatoms. The highest BCUT2D eigenvalue weighted by atomic mass is 32.1. The van der Waals surface area contributed by atoms with Crippen molar-refractivity contribution in [1.82, 2.24) is 10.2 Å². The number of hydrogen-bond acceptors (Lipinski definition) is 4. The lowest BCUT2D eigenvalue weighted by Gasteiger charge is -2.16. The number of nitrogens with one attached hydrogen (secondary N) is 1. The predicted molar refractivity (Wildman–Crippen MR) is 86.5 cm³/mol. The first-order chi connectivity index (χ1) is 10.1. The van der Waals surface area contributed by atoms with Crippen LogP contribution < -0.4 is 15.8 Å². The van der Waals surface area contributed by atoms with Crippen molar-refractivity contribution in [2.45, 2.75) is 18.9 Å². The Balaban J connectivity index is 1.72. The van der Waals surface area contributed by atoms with Crippen LogP contribution in [0.5, 0.6) is 5.75 Å². The molecule has 1 amide bonds. The minimum absolute atomic E-state index is 0.0350. The van der Waals surface area contributed by atoms with Crippen LogP contribution in [0.4, 0.5) is 0 Å². The summed E-state index contributed by atoms with van der Waals surface area (Å²) in [6, 6.07) is 7.88. The second kappa shape index (κ2) is 7.38. The summed E-state index contributed by atoms with van der Waals surface area (Å²) >= 11 is 4.95. The van der Waals surface area contributed by atoms with Gasteiger partial charge in [0.2, 0.25) is 0 Å². The largest absolute Gasteiger partial charge is 0.483 e. The Morgan fingerprint density at radius 2 is 2.19 bits per heavy atom. The van der Waals surface area contributed by atoms with Gasteiger partial charge in [-0.2, -0.15) is 0 Å². The highest BCUT2D eigenvalue weighted by Gasteiger charge is 2.25. The van der Waals surface area contributed by atoms with Crippen molar-refractivity contribution in [1.29, 1.82) is 0 Å². The number of amides is 1. The molecule has 0 radical (unpaired) electrons. The van der Waals surface area contributed by atoms with Gasteiger partial charge in [-0.15, -0.1) is 0 Å². The first-order valence-corrected chi connectivity index (χ1v) is 7.47. The number of benzene rings is 1. The van der Waals surface area contributed by atoms with E-state index in [2.05, 4.69) is 17.3 Å². The molecule has 0 heterocycles. The maximum absolute atomic E-state index is 11.7. The Kier molecular flexibility index (Phi) is 5.52. The summed E-state index contributed by atoms with van der Waals surface area (Å²) in [6.07, 6.45) is 2.53. The molecule has 0 unspecified atom stereocenters. The summed E-state index contributed by atoms with van der Waals surface area (Å²) in [5.41, 5.74) is 6.26. The predicted octanol–water partition coefficient (Wildman–Crippen LogP) is 0.910. The van der Waals surface area contributed by atoms with Crippen LogP contribution in [0.3, 0.4) is 0 Å². The Bertz CT molecular complexity index is 517. The molecule has 1 aliphatic rings. The van der Waals surface area contributed by atoms with Crippen LogP contribution in [0.1, 0.15) is 18.4 Å². The maximum atomic E-state index is 11.7. The van der Waals surface area contributed by atoms with Crippen molar-refractivity contribution in [3.63, 3.8) is 0 Å². The molecular formula is C15H21N3O2S. The van der Waals surface area contributed by atoms with Gasteiger partial charge in [0, 0.05) is 19.1 Å². The van der Waals surface area contributed by atoms with Gasteiger partial charge in [-0.05, 0) is 32.0 Å². The third-order valence-electron chi connectivity index (χ3n) is 3.47. The summed E-state index contributed by atoms with van der Waals surface area (Å²) in [4.78, 5) is 14.3. The normalized spacial score (nSPS) is 14.0. The van der Waals surface area contributed by atoms with Crippen LogP contribution in [-0.4, -0.2) is 48.6 Å². The lowest BCUT2D eigenvalue weighted by Crippen LogP contribution is -2.36. The highest BCUT2D eigenvalue weighted by molar-refractivity contribution is 7.80. The van der Waals surface area contributed by atoms with Gasteiger partial charge in [0.15, 0.2) is 6.61 Å². The average molecular weight is 307 g/mol. The molecule has 0 bridgehead atoms. The zero-order valence-electron chi connectivity index (χ0n) is 12.2. The molecule has 2 rings (SSSR count). The Labute approximate surface area is 130 Å². The number of likely N-dealkylation sites (N-methyl/N-ethyl adjacent to an activating group) is 1. The van der Waals surface area contributed by atoms with Gasteiger partial charge >= 0.3 is 0 Å². The van der Waals surface area contributed by atoms with Gasteiger partial charge in [0.1, 0.15) is 10.7 Å². The molecule has 21 heavy (non-hydrogen) atoms. The standard InChI is InChI=1S/C15H21N3O2S/c1-18(11-6-7-11)9-8-17-14(19)10-20-13-5-3-2-4-12(13)15(16)21/h2-5,11H,6-10H2,1H3,(H2,16,21)(H,17,19). The third kappa shape index (κ3) is 4.99. The van der Waals surface area contributed by atoms with Gasteiger partial charge in [0.05, 0.1) is 5.56 Å². The number of nitrogens with two attached hydrogens (primary N) is 1. The first-order valence-electron chi connectivity index (χ1n) is 7.06.